The molecule has 0 radical (unpaired) electrons. The minimum absolute atomic E-state index is 0.118. The summed E-state index contributed by atoms with van der Waals surface area (Å²) in [5, 5.41) is 8.59. The van der Waals surface area contributed by atoms with Crippen LogP contribution in [0, 0.1) is 0 Å². The van der Waals surface area contributed by atoms with E-state index in [0.29, 0.717) is 24.4 Å². The molecule has 0 heterocycles. The first kappa shape index (κ1) is 18.1. The average Bonchev–Trinajstić information content (AvgIpc) is 2.52. The summed E-state index contributed by atoms with van der Waals surface area (Å²) in [6, 6.07) is 6.87. The Labute approximate surface area is 131 Å². The predicted molar refractivity (Wildman–Crippen MR) is 87.1 cm³/mol. The van der Waals surface area contributed by atoms with Gasteiger partial charge in [0.15, 0.2) is 0 Å². The molecule has 0 bridgehead atoms. The predicted octanol–water partition coefficient (Wildman–Crippen LogP) is 1.39. The number of amides is 2. The first-order chi connectivity index (χ1) is 10.7. The number of carbonyl (C=O) groups excluding carboxylic acids is 2. The van der Waals surface area contributed by atoms with Gasteiger partial charge in [-0.3, -0.25) is 9.59 Å². The number of ether oxygens (including phenoxy) is 1. The van der Waals surface area contributed by atoms with Gasteiger partial charge in [-0.25, -0.2) is 0 Å². The Bertz CT molecular complexity index is 477. The zero-order valence-electron chi connectivity index (χ0n) is 13.3. The molecule has 0 spiro atoms. The van der Waals surface area contributed by atoms with Crippen LogP contribution < -0.4 is 16.0 Å². The second-order valence-corrected chi connectivity index (χ2v) is 4.91. The van der Waals surface area contributed by atoms with Gasteiger partial charge in [0, 0.05) is 24.9 Å². The van der Waals surface area contributed by atoms with Crippen molar-refractivity contribution in [2.24, 2.45) is 0 Å². The van der Waals surface area contributed by atoms with Crippen molar-refractivity contribution in [3.63, 3.8) is 0 Å². The zero-order valence-corrected chi connectivity index (χ0v) is 13.3. The zero-order chi connectivity index (χ0) is 16.2. The summed E-state index contributed by atoms with van der Waals surface area (Å²) in [4.78, 5) is 23.7. The van der Waals surface area contributed by atoms with Crippen LogP contribution in [-0.2, 0) is 9.53 Å². The lowest BCUT2D eigenvalue weighted by Gasteiger charge is -2.09. The molecule has 6 nitrogen and oxygen atoms in total. The number of rotatable bonds is 10. The average molecular weight is 307 g/mol. The normalized spacial score (nSPS) is 10.3. The third-order valence-electron chi connectivity index (χ3n) is 2.99. The molecule has 1 aromatic carbocycles. The third kappa shape index (κ3) is 7.19. The molecule has 0 fully saturated rings. The van der Waals surface area contributed by atoms with Gasteiger partial charge in [0.25, 0.3) is 5.91 Å². The Morgan fingerprint density at radius 2 is 2.05 bits per heavy atom. The number of unbranched alkanes of at least 4 members (excludes halogenated alkanes) is 1. The Hall–Kier alpha value is -1.92. The summed E-state index contributed by atoms with van der Waals surface area (Å²) in [6.07, 6.45) is 2.14. The molecule has 0 aliphatic rings. The van der Waals surface area contributed by atoms with E-state index in [4.69, 9.17) is 4.74 Å². The van der Waals surface area contributed by atoms with Crippen molar-refractivity contribution >= 4 is 17.5 Å². The van der Waals surface area contributed by atoms with E-state index in [1.807, 2.05) is 0 Å². The number of carbonyl (C=O) groups is 2. The number of hydrogen-bond donors (Lipinski definition) is 3. The first-order valence-electron chi connectivity index (χ1n) is 7.55. The van der Waals surface area contributed by atoms with Gasteiger partial charge in [-0.2, -0.15) is 0 Å². The molecule has 0 aromatic heterocycles. The topological polar surface area (TPSA) is 79.5 Å². The monoisotopic (exact) mass is 307 g/mol. The van der Waals surface area contributed by atoms with Gasteiger partial charge >= 0.3 is 0 Å². The fraction of sp³-hybridized carbons (Fsp3) is 0.500. The van der Waals surface area contributed by atoms with Crippen LogP contribution in [0.1, 0.15) is 30.1 Å². The van der Waals surface area contributed by atoms with E-state index in [0.717, 1.165) is 19.4 Å². The maximum absolute atomic E-state index is 11.9. The van der Waals surface area contributed by atoms with Crippen molar-refractivity contribution in [3.05, 3.63) is 29.8 Å². The summed E-state index contributed by atoms with van der Waals surface area (Å²) < 4.78 is 4.88. The highest BCUT2D eigenvalue weighted by atomic mass is 16.5. The molecule has 2 amide bonds. The molecule has 6 heteroatoms. The van der Waals surface area contributed by atoms with Crippen molar-refractivity contribution in [2.45, 2.75) is 19.8 Å². The van der Waals surface area contributed by atoms with Crippen molar-refractivity contribution in [2.75, 3.05) is 38.7 Å². The van der Waals surface area contributed by atoms with Crippen LogP contribution in [0.2, 0.25) is 0 Å². The molecule has 0 aliphatic heterocycles. The lowest BCUT2D eigenvalue weighted by Crippen LogP contribution is -2.29. The third-order valence-corrected chi connectivity index (χ3v) is 2.99. The highest BCUT2D eigenvalue weighted by Crippen LogP contribution is 2.10. The van der Waals surface area contributed by atoms with Crippen molar-refractivity contribution in [1.29, 1.82) is 0 Å². The quantitative estimate of drug-likeness (QED) is 0.571. The molecule has 0 saturated carbocycles. The smallest absolute Gasteiger partial charge is 0.251 e. The van der Waals surface area contributed by atoms with E-state index >= 15 is 0 Å². The number of methoxy groups -OCH3 is 1. The second-order valence-electron chi connectivity index (χ2n) is 4.91. The minimum Gasteiger partial charge on any atom is -0.383 e. The Morgan fingerprint density at radius 1 is 1.23 bits per heavy atom. The lowest BCUT2D eigenvalue weighted by atomic mass is 10.2. The fourth-order valence-corrected chi connectivity index (χ4v) is 1.82. The molecule has 0 unspecified atom stereocenters. The molecular weight excluding hydrogens is 282 g/mol. The van der Waals surface area contributed by atoms with E-state index in [2.05, 4.69) is 22.9 Å². The molecule has 122 valence electrons. The van der Waals surface area contributed by atoms with Crippen molar-refractivity contribution in [3.8, 4) is 0 Å². The van der Waals surface area contributed by atoms with Crippen LogP contribution in [0.3, 0.4) is 0 Å². The Kier molecular flexibility index (Phi) is 8.86. The number of nitrogens with one attached hydrogen (secondary N) is 3. The van der Waals surface area contributed by atoms with Crippen LogP contribution in [0.15, 0.2) is 24.3 Å². The summed E-state index contributed by atoms with van der Waals surface area (Å²) in [6.45, 7) is 4.11. The van der Waals surface area contributed by atoms with Crippen molar-refractivity contribution < 1.29 is 14.3 Å². The van der Waals surface area contributed by atoms with E-state index in [1.165, 1.54) is 0 Å². The van der Waals surface area contributed by atoms with Gasteiger partial charge in [-0.1, -0.05) is 19.4 Å². The molecule has 0 aliphatic carbocycles. The molecular formula is C16H25N3O3. The van der Waals surface area contributed by atoms with E-state index in [1.54, 1.807) is 31.4 Å². The lowest BCUT2D eigenvalue weighted by molar-refractivity contribution is -0.115. The van der Waals surface area contributed by atoms with Gasteiger partial charge in [0.1, 0.15) is 0 Å². The largest absolute Gasteiger partial charge is 0.383 e. The van der Waals surface area contributed by atoms with Crippen LogP contribution in [0.5, 0.6) is 0 Å². The molecule has 0 saturated heterocycles. The summed E-state index contributed by atoms with van der Waals surface area (Å²) in [5.41, 5.74) is 1.12. The van der Waals surface area contributed by atoms with Gasteiger partial charge in [0.2, 0.25) is 5.91 Å². The maximum atomic E-state index is 11.9. The van der Waals surface area contributed by atoms with Crippen LogP contribution in [0.4, 0.5) is 5.69 Å². The Morgan fingerprint density at radius 3 is 2.77 bits per heavy atom. The number of hydrogen-bond acceptors (Lipinski definition) is 4. The SMILES string of the molecule is CCCCNCC(=O)Nc1cccc(C(=O)NCCOC)c1. The number of anilines is 1. The van der Waals surface area contributed by atoms with Gasteiger partial charge in [0.05, 0.1) is 13.2 Å². The van der Waals surface area contributed by atoms with E-state index in [9.17, 15) is 9.59 Å². The van der Waals surface area contributed by atoms with Crippen LogP contribution in [0.25, 0.3) is 0 Å². The maximum Gasteiger partial charge on any atom is 0.251 e. The summed E-state index contributed by atoms with van der Waals surface area (Å²) >= 11 is 0. The number of benzene rings is 1. The summed E-state index contributed by atoms with van der Waals surface area (Å²) in [5.74, 6) is -0.303. The Balaban J connectivity index is 2.46. The van der Waals surface area contributed by atoms with E-state index in [-0.39, 0.29) is 18.4 Å². The van der Waals surface area contributed by atoms with Gasteiger partial charge in [-0.15, -0.1) is 0 Å². The molecule has 1 aromatic rings. The highest BCUT2D eigenvalue weighted by molar-refractivity contribution is 5.97. The summed E-state index contributed by atoms with van der Waals surface area (Å²) in [7, 11) is 1.58. The van der Waals surface area contributed by atoms with Gasteiger partial charge in [-0.05, 0) is 31.2 Å². The molecule has 0 atom stereocenters. The van der Waals surface area contributed by atoms with Crippen LogP contribution in [-0.4, -0.2) is 45.2 Å². The first-order valence-corrected chi connectivity index (χ1v) is 7.55. The molecule has 3 N–H and O–H groups in total. The van der Waals surface area contributed by atoms with E-state index < -0.39 is 0 Å². The molecule has 22 heavy (non-hydrogen) atoms. The minimum atomic E-state index is -0.186. The van der Waals surface area contributed by atoms with Crippen molar-refractivity contribution in [1.82, 2.24) is 10.6 Å². The molecule has 1 rings (SSSR count). The highest BCUT2D eigenvalue weighted by Gasteiger charge is 2.07. The standard InChI is InChI=1S/C16H25N3O3/c1-3-4-8-17-12-15(20)19-14-7-5-6-13(11-14)16(21)18-9-10-22-2/h5-7,11,17H,3-4,8-10,12H2,1-2H3,(H,18,21)(H,19,20). The van der Waals surface area contributed by atoms with Gasteiger partial charge < -0.3 is 20.7 Å². The second kappa shape index (κ2) is 10.8. The fourth-order valence-electron chi connectivity index (χ4n) is 1.82. The van der Waals surface area contributed by atoms with Crippen LogP contribution >= 0.6 is 0 Å².